The van der Waals surface area contributed by atoms with Crippen LogP contribution in [-0.2, 0) is 0 Å². The lowest BCUT2D eigenvalue weighted by Crippen LogP contribution is -2.57. The Hall–Kier alpha value is -0.810. The van der Waals surface area contributed by atoms with E-state index in [1.165, 1.54) is 77.2 Å². The molecule has 150 valence electrons. The Balaban J connectivity index is 1.28. The molecule has 3 saturated heterocycles. The van der Waals surface area contributed by atoms with Crippen molar-refractivity contribution in [1.82, 2.24) is 14.7 Å². The molecule has 0 aliphatic carbocycles. The van der Waals surface area contributed by atoms with E-state index < -0.39 is 0 Å². The molecular weight excluding hydrogens is 356 g/mol. The first-order valence-corrected chi connectivity index (χ1v) is 11.3. The summed E-state index contributed by atoms with van der Waals surface area (Å²) in [4.78, 5) is 10.7. The number of hydrogen-bond acceptors (Lipinski definition) is 4. The van der Waals surface area contributed by atoms with Gasteiger partial charge in [0.2, 0.25) is 0 Å². The summed E-state index contributed by atoms with van der Waals surface area (Å²) in [7, 11) is 0. The molecule has 0 radical (unpaired) electrons. The summed E-state index contributed by atoms with van der Waals surface area (Å²) in [6.07, 6.45) is 5.47. The van der Waals surface area contributed by atoms with Gasteiger partial charge in [-0.2, -0.15) is 0 Å². The largest absolute Gasteiger partial charge is 0.369 e. The van der Waals surface area contributed by atoms with Crippen LogP contribution in [0.3, 0.4) is 0 Å². The quantitative estimate of drug-likeness (QED) is 0.780. The number of likely N-dealkylation sites (tertiary alicyclic amines) is 2. The SMILES string of the molecule is CCN1CCC(N2CCC[C@H](N3CCN(c4cccc(Cl)c4)CC3)C2)CC1. The van der Waals surface area contributed by atoms with Gasteiger partial charge in [-0.15, -0.1) is 0 Å². The average molecular weight is 391 g/mol. The summed E-state index contributed by atoms with van der Waals surface area (Å²) >= 11 is 6.18. The van der Waals surface area contributed by atoms with Gasteiger partial charge >= 0.3 is 0 Å². The highest BCUT2D eigenvalue weighted by molar-refractivity contribution is 6.30. The maximum absolute atomic E-state index is 6.18. The van der Waals surface area contributed by atoms with E-state index in [-0.39, 0.29) is 0 Å². The van der Waals surface area contributed by atoms with Gasteiger partial charge in [0, 0.05) is 55.5 Å². The first-order chi connectivity index (χ1) is 13.2. The van der Waals surface area contributed by atoms with E-state index in [1.54, 1.807) is 0 Å². The molecule has 1 atom stereocenters. The topological polar surface area (TPSA) is 13.0 Å². The smallest absolute Gasteiger partial charge is 0.0426 e. The van der Waals surface area contributed by atoms with Gasteiger partial charge in [-0.3, -0.25) is 9.80 Å². The molecule has 0 N–H and O–H groups in total. The molecular formula is C22H35ClN4. The third-order valence-electron chi connectivity index (χ3n) is 6.95. The minimum atomic E-state index is 0.754. The molecule has 27 heavy (non-hydrogen) atoms. The summed E-state index contributed by atoms with van der Waals surface area (Å²) in [5.74, 6) is 0. The fourth-order valence-corrected chi connectivity index (χ4v) is 5.42. The summed E-state index contributed by atoms with van der Waals surface area (Å²) < 4.78 is 0. The highest BCUT2D eigenvalue weighted by Crippen LogP contribution is 2.26. The van der Waals surface area contributed by atoms with Crippen molar-refractivity contribution >= 4 is 17.3 Å². The molecule has 5 heteroatoms. The Morgan fingerprint density at radius 2 is 1.67 bits per heavy atom. The predicted molar refractivity (Wildman–Crippen MR) is 115 cm³/mol. The molecule has 3 heterocycles. The normalized spacial score (nSPS) is 27.2. The molecule has 3 aliphatic heterocycles. The number of anilines is 1. The molecule has 4 nitrogen and oxygen atoms in total. The first-order valence-electron chi connectivity index (χ1n) is 10.9. The van der Waals surface area contributed by atoms with E-state index in [4.69, 9.17) is 11.6 Å². The van der Waals surface area contributed by atoms with Crippen LogP contribution in [0.5, 0.6) is 0 Å². The molecule has 0 aromatic heterocycles. The van der Waals surface area contributed by atoms with Crippen molar-refractivity contribution in [1.29, 1.82) is 0 Å². The van der Waals surface area contributed by atoms with Crippen LogP contribution in [0.2, 0.25) is 5.02 Å². The fraction of sp³-hybridized carbons (Fsp3) is 0.727. The number of piperidine rings is 2. The second-order valence-electron chi connectivity index (χ2n) is 8.46. The maximum Gasteiger partial charge on any atom is 0.0426 e. The van der Waals surface area contributed by atoms with Gasteiger partial charge < -0.3 is 9.80 Å². The van der Waals surface area contributed by atoms with Gasteiger partial charge in [0.15, 0.2) is 0 Å². The molecule has 0 bridgehead atoms. The number of nitrogens with zero attached hydrogens (tertiary/aromatic N) is 4. The fourth-order valence-electron chi connectivity index (χ4n) is 5.23. The van der Waals surface area contributed by atoms with Gasteiger partial charge in [0.05, 0.1) is 0 Å². The van der Waals surface area contributed by atoms with Crippen molar-refractivity contribution < 1.29 is 0 Å². The summed E-state index contributed by atoms with van der Waals surface area (Å²) in [6, 6.07) is 9.89. The zero-order chi connectivity index (χ0) is 18.6. The monoisotopic (exact) mass is 390 g/mol. The Kier molecular flexibility index (Phi) is 6.59. The Bertz CT molecular complexity index is 594. The van der Waals surface area contributed by atoms with Crippen LogP contribution in [0.1, 0.15) is 32.6 Å². The van der Waals surface area contributed by atoms with Crippen LogP contribution >= 0.6 is 11.6 Å². The minimum absolute atomic E-state index is 0.754. The van der Waals surface area contributed by atoms with E-state index in [2.05, 4.69) is 44.7 Å². The number of rotatable bonds is 4. The third-order valence-corrected chi connectivity index (χ3v) is 7.19. The van der Waals surface area contributed by atoms with Crippen molar-refractivity contribution in [2.45, 2.75) is 44.7 Å². The molecule has 1 aromatic rings. The molecule has 0 amide bonds. The Morgan fingerprint density at radius 1 is 0.889 bits per heavy atom. The molecule has 0 spiro atoms. The van der Waals surface area contributed by atoms with E-state index in [9.17, 15) is 0 Å². The molecule has 1 aromatic carbocycles. The number of hydrogen-bond donors (Lipinski definition) is 0. The summed E-state index contributed by atoms with van der Waals surface area (Å²) in [5, 5.41) is 0.840. The predicted octanol–water partition coefficient (Wildman–Crippen LogP) is 3.41. The highest BCUT2D eigenvalue weighted by Gasteiger charge is 2.32. The number of piperazine rings is 1. The minimum Gasteiger partial charge on any atom is -0.369 e. The molecule has 4 rings (SSSR count). The van der Waals surface area contributed by atoms with Gasteiger partial charge in [0.25, 0.3) is 0 Å². The standard InChI is InChI=1S/C22H35ClN4/c1-2-24-11-8-20(9-12-24)27-10-4-7-22(18-27)26-15-13-25(14-16-26)21-6-3-5-19(23)17-21/h3,5-6,17,20,22H,2,4,7-16,18H2,1H3/t22-/m0/s1. The maximum atomic E-state index is 6.18. The summed E-state index contributed by atoms with van der Waals surface area (Å²) in [6.45, 7) is 13.3. The second kappa shape index (κ2) is 9.13. The molecule has 0 unspecified atom stereocenters. The third kappa shape index (κ3) is 4.79. The van der Waals surface area contributed by atoms with E-state index in [1.807, 2.05) is 6.07 Å². The van der Waals surface area contributed by atoms with Gasteiger partial charge in [-0.05, 0) is 70.1 Å². The zero-order valence-electron chi connectivity index (χ0n) is 16.8. The van der Waals surface area contributed by atoms with Crippen LogP contribution in [-0.4, -0.2) is 85.7 Å². The van der Waals surface area contributed by atoms with Crippen LogP contribution in [0.25, 0.3) is 0 Å². The van der Waals surface area contributed by atoms with E-state index in [0.29, 0.717) is 0 Å². The lowest BCUT2D eigenvalue weighted by atomic mass is 9.97. The van der Waals surface area contributed by atoms with Crippen molar-refractivity contribution in [3.05, 3.63) is 29.3 Å². The Labute approximate surface area is 170 Å². The molecule has 0 saturated carbocycles. The van der Waals surface area contributed by atoms with Gasteiger partial charge in [-0.25, -0.2) is 0 Å². The average Bonchev–Trinajstić information content (AvgIpc) is 2.74. The number of halogens is 1. The van der Waals surface area contributed by atoms with Crippen LogP contribution in [0, 0.1) is 0 Å². The zero-order valence-corrected chi connectivity index (χ0v) is 17.6. The van der Waals surface area contributed by atoms with Crippen LogP contribution < -0.4 is 4.90 Å². The van der Waals surface area contributed by atoms with Crippen molar-refractivity contribution in [3.63, 3.8) is 0 Å². The second-order valence-corrected chi connectivity index (χ2v) is 8.90. The van der Waals surface area contributed by atoms with Crippen LogP contribution in [0.4, 0.5) is 5.69 Å². The highest BCUT2D eigenvalue weighted by atomic mass is 35.5. The first kappa shape index (κ1) is 19.5. The molecule has 3 aliphatic rings. The van der Waals surface area contributed by atoms with Crippen LogP contribution in [0.15, 0.2) is 24.3 Å². The Morgan fingerprint density at radius 3 is 2.37 bits per heavy atom. The van der Waals surface area contributed by atoms with Crippen molar-refractivity contribution in [2.75, 3.05) is 63.8 Å². The number of benzene rings is 1. The van der Waals surface area contributed by atoms with Gasteiger partial charge in [0.1, 0.15) is 0 Å². The van der Waals surface area contributed by atoms with Crippen molar-refractivity contribution in [2.24, 2.45) is 0 Å². The van der Waals surface area contributed by atoms with E-state index in [0.717, 1.165) is 30.2 Å². The van der Waals surface area contributed by atoms with Gasteiger partial charge in [-0.1, -0.05) is 24.6 Å². The lowest BCUT2D eigenvalue weighted by molar-refractivity contribution is 0.0427. The van der Waals surface area contributed by atoms with E-state index >= 15 is 0 Å². The lowest BCUT2D eigenvalue weighted by Gasteiger charge is -2.47. The summed E-state index contributed by atoms with van der Waals surface area (Å²) in [5.41, 5.74) is 1.27. The molecule has 3 fully saturated rings. The van der Waals surface area contributed by atoms with Crippen molar-refractivity contribution in [3.8, 4) is 0 Å².